The second-order valence-corrected chi connectivity index (χ2v) is 8.73. The van der Waals surface area contributed by atoms with E-state index in [9.17, 15) is 14.4 Å². The van der Waals surface area contributed by atoms with Crippen molar-refractivity contribution in [1.29, 1.82) is 0 Å². The SMILES string of the molecule is CC(=O)[C@@H]1[C@H]2C(=O)N(c3cccc(Cl)c3C)C(=O)[C@@H]2[C@@H]2C=Cc3cc(C)ccc3N12. The van der Waals surface area contributed by atoms with Crippen molar-refractivity contribution in [1.82, 2.24) is 0 Å². The highest BCUT2D eigenvalue weighted by molar-refractivity contribution is 6.32. The highest BCUT2D eigenvalue weighted by Gasteiger charge is 2.63. The predicted octanol–water partition coefficient (Wildman–Crippen LogP) is 3.94. The number of fused-ring (bicyclic) bond motifs is 5. The summed E-state index contributed by atoms with van der Waals surface area (Å²) in [4.78, 5) is 43.1. The summed E-state index contributed by atoms with van der Waals surface area (Å²) in [5.41, 5.74) is 4.19. The molecule has 0 N–H and O–H groups in total. The first-order valence-corrected chi connectivity index (χ1v) is 10.4. The van der Waals surface area contributed by atoms with Crippen LogP contribution >= 0.6 is 11.6 Å². The molecule has 3 aliphatic heterocycles. The first kappa shape index (κ1) is 19.1. The van der Waals surface area contributed by atoms with E-state index in [0.717, 1.165) is 16.8 Å². The van der Waals surface area contributed by atoms with Crippen molar-refractivity contribution >= 4 is 46.6 Å². The number of rotatable bonds is 2. The van der Waals surface area contributed by atoms with Gasteiger partial charge in [-0.3, -0.25) is 14.4 Å². The molecule has 0 aromatic heterocycles. The van der Waals surface area contributed by atoms with Gasteiger partial charge in [0.25, 0.3) is 0 Å². The van der Waals surface area contributed by atoms with Crippen LogP contribution < -0.4 is 9.80 Å². The van der Waals surface area contributed by atoms with Gasteiger partial charge in [-0.2, -0.15) is 0 Å². The number of aryl methyl sites for hydroxylation is 1. The van der Waals surface area contributed by atoms with Crippen molar-refractivity contribution in [3.63, 3.8) is 0 Å². The summed E-state index contributed by atoms with van der Waals surface area (Å²) in [5.74, 6) is -2.02. The summed E-state index contributed by atoms with van der Waals surface area (Å²) in [6, 6.07) is 10.2. The maximum Gasteiger partial charge on any atom is 0.240 e. The molecule has 5 rings (SSSR count). The summed E-state index contributed by atoms with van der Waals surface area (Å²) in [6.45, 7) is 5.31. The topological polar surface area (TPSA) is 57.7 Å². The minimum Gasteiger partial charge on any atom is -0.353 e. The minimum absolute atomic E-state index is 0.111. The number of hydrogen-bond acceptors (Lipinski definition) is 4. The molecule has 3 heterocycles. The summed E-state index contributed by atoms with van der Waals surface area (Å²) in [7, 11) is 0. The van der Waals surface area contributed by atoms with Crippen LogP contribution in [0.5, 0.6) is 0 Å². The highest BCUT2D eigenvalue weighted by Crippen LogP contribution is 2.49. The number of imide groups is 1. The van der Waals surface area contributed by atoms with Gasteiger partial charge in [0.05, 0.1) is 23.6 Å². The molecule has 2 aromatic rings. The third kappa shape index (κ3) is 2.45. The van der Waals surface area contributed by atoms with Crippen molar-refractivity contribution in [2.24, 2.45) is 11.8 Å². The smallest absolute Gasteiger partial charge is 0.240 e. The Hall–Kier alpha value is -2.92. The van der Waals surface area contributed by atoms with Crippen LogP contribution in [0.4, 0.5) is 11.4 Å². The molecular weight excluding hydrogens is 400 g/mol. The van der Waals surface area contributed by atoms with E-state index in [0.29, 0.717) is 16.3 Å². The summed E-state index contributed by atoms with van der Waals surface area (Å²) >= 11 is 6.24. The van der Waals surface area contributed by atoms with E-state index in [1.54, 1.807) is 25.1 Å². The van der Waals surface area contributed by atoms with Gasteiger partial charge in [-0.1, -0.05) is 41.4 Å². The highest BCUT2D eigenvalue weighted by atomic mass is 35.5. The third-order valence-corrected chi connectivity index (χ3v) is 6.97. The van der Waals surface area contributed by atoms with E-state index in [4.69, 9.17) is 11.6 Å². The van der Waals surface area contributed by atoms with Gasteiger partial charge in [-0.05, 0) is 56.2 Å². The molecule has 0 bridgehead atoms. The Morgan fingerprint density at radius 1 is 1.00 bits per heavy atom. The van der Waals surface area contributed by atoms with E-state index in [1.807, 2.05) is 36.1 Å². The number of ketones is 1. The Bertz CT molecular complexity index is 1160. The Kier molecular flexibility index (Phi) is 4.16. The van der Waals surface area contributed by atoms with Crippen LogP contribution in [0.2, 0.25) is 5.02 Å². The predicted molar refractivity (Wildman–Crippen MR) is 117 cm³/mol. The Morgan fingerprint density at radius 3 is 2.47 bits per heavy atom. The second-order valence-electron chi connectivity index (χ2n) is 8.32. The van der Waals surface area contributed by atoms with Gasteiger partial charge in [-0.25, -0.2) is 4.90 Å². The maximum atomic E-state index is 13.5. The van der Waals surface area contributed by atoms with Crippen LogP contribution in [-0.2, 0) is 14.4 Å². The summed E-state index contributed by atoms with van der Waals surface area (Å²) in [5, 5.41) is 0.497. The minimum atomic E-state index is -0.713. The van der Waals surface area contributed by atoms with E-state index < -0.39 is 17.9 Å². The average molecular weight is 421 g/mol. The third-order valence-electron chi connectivity index (χ3n) is 6.56. The molecule has 2 amide bonds. The molecular formula is C24H21ClN2O3. The average Bonchev–Trinajstić information content (AvgIpc) is 3.17. The Morgan fingerprint density at radius 2 is 1.73 bits per heavy atom. The zero-order valence-electron chi connectivity index (χ0n) is 16.9. The van der Waals surface area contributed by atoms with Crippen LogP contribution in [0.15, 0.2) is 42.5 Å². The molecule has 152 valence electrons. The molecule has 0 spiro atoms. The standard InChI is InChI=1S/C24H21ClN2O3/c1-12-7-9-18-15(11-12)8-10-19-20-21(22(14(3)28)26(18)19)24(30)27(23(20)29)17-6-4-5-16(25)13(17)2/h4-11,19-22H,1-3H3/t19-,20+,21-,22+/m0/s1. The fourth-order valence-corrected chi connectivity index (χ4v) is 5.40. The second kappa shape index (κ2) is 6.54. The lowest BCUT2D eigenvalue weighted by atomic mass is 9.88. The molecule has 2 fully saturated rings. The maximum absolute atomic E-state index is 13.5. The van der Waals surface area contributed by atoms with E-state index in [2.05, 4.69) is 6.07 Å². The molecule has 2 aromatic carbocycles. The Balaban J connectivity index is 1.64. The lowest BCUT2D eigenvalue weighted by Crippen LogP contribution is -2.48. The monoisotopic (exact) mass is 420 g/mol. The lowest BCUT2D eigenvalue weighted by molar-refractivity contribution is -0.126. The summed E-state index contributed by atoms with van der Waals surface area (Å²) < 4.78 is 0. The number of carbonyl (C=O) groups is 3. The van der Waals surface area contributed by atoms with Crippen molar-refractivity contribution < 1.29 is 14.4 Å². The molecule has 30 heavy (non-hydrogen) atoms. The molecule has 0 saturated carbocycles. The zero-order chi connectivity index (χ0) is 21.3. The zero-order valence-corrected chi connectivity index (χ0v) is 17.7. The van der Waals surface area contributed by atoms with Gasteiger partial charge in [0.15, 0.2) is 5.78 Å². The fourth-order valence-electron chi connectivity index (χ4n) is 5.23. The number of amides is 2. The van der Waals surface area contributed by atoms with Gasteiger partial charge in [-0.15, -0.1) is 0 Å². The molecule has 0 aliphatic carbocycles. The van der Waals surface area contributed by atoms with Crippen molar-refractivity contribution in [3.05, 3.63) is 64.2 Å². The largest absolute Gasteiger partial charge is 0.353 e. The number of benzene rings is 2. The number of carbonyl (C=O) groups excluding carboxylic acids is 3. The normalized spacial score (nSPS) is 26.7. The van der Waals surface area contributed by atoms with Gasteiger partial charge in [0.2, 0.25) is 11.8 Å². The van der Waals surface area contributed by atoms with Crippen LogP contribution in [-0.4, -0.2) is 29.7 Å². The van der Waals surface area contributed by atoms with Gasteiger partial charge in [0, 0.05) is 10.7 Å². The number of nitrogens with zero attached hydrogens (tertiary/aromatic N) is 2. The quantitative estimate of drug-likeness (QED) is 0.690. The molecule has 6 heteroatoms. The fraction of sp³-hybridized carbons (Fsp3) is 0.292. The lowest BCUT2D eigenvalue weighted by Gasteiger charge is -2.36. The molecule has 3 aliphatic rings. The number of Topliss-reactive ketones (excluding diaryl/α,β-unsaturated/α-hetero) is 1. The molecule has 0 unspecified atom stereocenters. The van der Waals surface area contributed by atoms with Crippen LogP contribution in [0.25, 0.3) is 6.08 Å². The molecule has 4 atom stereocenters. The molecule has 0 radical (unpaired) electrons. The first-order chi connectivity index (χ1) is 14.3. The van der Waals surface area contributed by atoms with Crippen LogP contribution in [0.1, 0.15) is 23.6 Å². The first-order valence-electron chi connectivity index (χ1n) is 10.0. The number of halogens is 1. The van der Waals surface area contributed by atoms with Crippen LogP contribution in [0.3, 0.4) is 0 Å². The molecule has 5 nitrogen and oxygen atoms in total. The van der Waals surface area contributed by atoms with Crippen molar-refractivity contribution in [2.75, 3.05) is 9.80 Å². The number of anilines is 2. The van der Waals surface area contributed by atoms with E-state index in [1.165, 1.54) is 11.8 Å². The molecule has 2 saturated heterocycles. The van der Waals surface area contributed by atoms with Crippen molar-refractivity contribution in [3.8, 4) is 0 Å². The summed E-state index contributed by atoms with van der Waals surface area (Å²) in [6.07, 6.45) is 3.95. The van der Waals surface area contributed by atoms with Gasteiger partial charge >= 0.3 is 0 Å². The van der Waals surface area contributed by atoms with E-state index >= 15 is 0 Å². The van der Waals surface area contributed by atoms with Crippen LogP contribution in [0, 0.1) is 25.7 Å². The van der Waals surface area contributed by atoms with Gasteiger partial charge in [0.1, 0.15) is 6.04 Å². The van der Waals surface area contributed by atoms with Gasteiger partial charge < -0.3 is 4.90 Å². The van der Waals surface area contributed by atoms with Crippen molar-refractivity contribution in [2.45, 2.75) is 32.9 Å². The van der Waals surface area contributed by atoms with E-state index in [-0.39, 0.29) is 23.6 Å². The number of hydrogen-bond donors (Lipinski definition) is 0. The Labute approximate surface area is 179 Å².